The summed E-state index contributed by atoms with van der Waals surface area (Å²) in [5.74, 6) is 5.70. The van der Waals surface area contributed by atoms with E-state index in [9.17, 15) is 0 Å². The van der Waals surface area contributed by atoms with Gasteiger partial charge in [0, 0.05) is 0 Å². The number of hydrogen-bond acceptors (Lipinski definition) is 0. The summed E-state index contributed by atoms with van der Waals surface area (Å²) in [7, 11) is 0. The zero-order valence-corrected chi connectivity index (χ0v) is 18.8. The molecule has 0 aromatic heterocycles. The second kappa shape index (κ2) is 7.38. The van der Waals surface area contributed by atoms with Crippen molar-refractivity contribution in [2.45, 2.75) is 98.8 Å². The molecule has 27 heavy (non-hydrogen) atoms. The molecule has 4 aliphatic carbocycles. The van der Waals surface area contributed by atoms with Crippen LogP contribution in [0.25, 0.3) is 0 Å². The summed E-state index contributed by atoms with van der Waals surface area (Å²) in [5.41, 5.74) is 2.81. The van der Waals surface area contributed by atoms with Crippen molar-refractivity contribution >= 4 is 0 Å². The van der Waals surface area contributed by atoms with E-state index in [0.29, 0.717) is 10.8 Å². The standard InChI is InChI=1S/C27H44/c1-19(2)9-8-10-20(3)23-14-15-24-22-13-12-21-11-6-7-17-26(21,4)25(22)16-18-27(23,24)5/h6,11-12,19-20,22-25H,7-10,13-18H2,1-5H3/t20?,22?,23-,24?,25?,26+,27-/m1/s1. The van der Waals surface area contributed by atoms with E-state index < -0.39 is 0 Å². The van der Waals surface area contributed by atoms with Crippen molar-refractivity contribution < 1.29 is 0 Å². The van der Waals surface area contributed by atoms with Crippen molar-refractivity contribution in [1.29, 1.82) is 0 Å². The third kappa shape index (κ3) is 3.28. The molecule has 0 aromatic rings. The largest absolute Gasteiger partial charge is 0.0842 e. The Bertz CT molecular complexity index is 595. The molecule has 0 aliphatic heterocycles. The second-order valence-electron chi connectivity index (χ2n) is 11.7. The van der Waals surface area contributed by atoms with Crippen LogP contribution in [0.2, 0.25) is 0 Å². The molecular weight excluding hydrogens is 324 g/mol. The van der Waals surface area contributed by atoms with Gasteiger partial charge in [-0.05, 0) is 96.9 Å². The molecule has 0 amide bonds. The molecule has 0 bridgehead atoms. The quantitative estimate of drug-likeness (QED) is 0.459. The fourth-order valence-corrected chi connectivity index (χ4v) is 8.32. The second-order valence-corrected chi connectivity index (χ2v) is 11.7. The summed E-state index contributed by atoms with van der Waals surface area (Å²) in [5, 5.41) is 0. The molecule has 0 spiro atoms. The van der Waals surface area contributed by atoms with Gasteiger partial charge in [-0.1, -0.05) is 72.1 Å². The molecule has 152 valence electrons. The highest BCUT2D eigenvalue weighted by molar-refractivity contribution is 5.34. The molecule has 2 saturated carbocycles. The van der Waals surface area contributed by atoms with E-state index in [1.54, 1.807) is 5.57 Å². The predicted octanol–water partition coefficient (Wildman–Crippen LogP) is 8.19. The van der Waals surface area contributed by atoms with Gasteiger partial charge in [-0.15, -0.1) is 0 Å². The lowest BCUT2D eigenvalue weighted by molar-refractivity contribution is -0.0451. The van der Waals surface area contributed by atoms with Gasteiger partial charge in [-0.3, -0.25) is 0 Å². The number of fused-ring (bicyclic) bond motifs is 5. The Kier molecular flexibility index (Phi) is 5.41. The van der Waals surface area contributed by atoms with Crippen LogP contribution in [0, 0.1) is 46.3 Å². The van der Waals surface area contributed by atoms with Crippen LogP contribution >= 0.6 is 0 Å². The van der Waals surface area contributed by atoms with E-state index in [-0.39, 0.29) is 0 Å². The average Bonchev–Trinajstić information content (AvgIpc) is 2.98. The van der Waals surface area contributed by atoms with E-state index in [2.05, 4.69) is 52.8 Å². The Morgan fingerprint density at radius 1 is 1.00 bits per heavy atom. The smallest absolute Gasteiger partial charge is 0.00445 e. The van der Waals surface area contributed by atoms with Crippen molar-refractivity contribution in [3.05, 3.63) is 23.8 Å². The maximum atomic E-state index is 2.72. The van der Waals surface area contributed by atoms with Crippen LogP contribution in [0.4, 0.5) is 0 Å². The Labute approximate surface area is 169 Å². The first-order chi connectivity index (χ1) is 12.9. The van der Waals surface area contributed by atoms with Gasteiger partial charge < -0.3 is 0 Å². The lowest BCUT2D eigenvalue weighted by atomic mass is 9.47. The minimum Gasteiger partial charge on any atom is -0.0842 e. The van der Waals surface area contributed by atoms with Gasteiger partial charge in [0.15, 0.2) is 0 Å². The van der Waals surface area contributed by atoms with E-state index in [0.717, 1.165) is 35.5 Å². The lowest BCUT2D eigenvalue weighted by Crippen LogP contribution is -2.49. The first-order valence-corrected chi connectivity index (χ1v) is 12.2. The van der Waals surface area contributed by atoms with Gasteiger partial charge in [0.2, 0.25) is 0 Å². The highest BCUT2D eigenvalue weighted by Crippen LogP contribution is 2.66. The van der Waals surface area contributed by atoms with Crippen LogP contribution in [0.3, 0.4) is 0 Å². The molecule has 0 radical (unpaired) electrons. The van der Waals surface area contributed by atoms with Gasteiger partial charge in [-0.2, -0.15) is 0 Å². The van der Waals surface area contributed by atoms with Crippen molar-refractivity contribution in [1.82, 2.24) is 0 Å². The molecule has 0 nitrogen and oxygen atoms in total. The maximum Gasteiger partial charge on any atom is -0.00445 e. The van der Waals surface area contributed by atoms with Crippen LogP contribution < -0.4 is 0 Å². The minimum atomic E-state index is 0.486. The average molecular weight is 369 g/mol. The van der Waals surface area contributed by atoms with Crippen molar-refractivity contribution in [3.63, 3.8) is 0 Å². The summed E-state index contributed by atoms with van der Waals surface area (Å²) in [6.07, 6.45) is 22.0. The van der Waals surface area contributed by atoms with Crippen LogP contribution in [0.5, 0.6) is 0 Å². The van der Waals surface area contributed by atoms with Crippen molar-refractivity contribution in [2.75, 3.05) is 0 Å². The Morgan fingerprint density at radius 3 is 2.59 bits per heavy atom. The Balaban J connectivity index is 1.50. The molecule has 0 aromatic carbocycles. The molecule has 4 aliphatic rings. The SMILES string of the molecule is CC(C)CCCC(C)[C@H]1CCC2C3CC=C4C=CCC[C@]4(C)C3CC[C@@]21C. The summed E-state index contributed by atoms with van der Waals surface area (Å²) in [6.45, 7) is 12.7. The third-order valence-corrected chi connectivity index (χ3v) is 9.85. The van der Waals surface area contributed by atoms with E-state index >= 15 is 0 Å². The molecule has 0 heterocycles. The maximum absolute atomic E-state index is 2.72. The highest BCUT2D eigenvalue weighted by atomic mass is 14.6. The van der Waals surface area contributed by atoms with Crippen LogP contribution in [0.1, 0.15) is 98.8 Å². The summed E-state index contributed by atoms with van der Waals surface area (Å²) >= 11 is 0. The first-order valence-electron chi connectivity index (χ1n) is 12.2. The number of hydrogen-bond donors (Lipinski definition) is 0. The van der Waals surface area contributed by atoms with Gasteiger partial charge in [-0.25, -0.2) is 0 Å². The predicted molar refractivity (Wildman–Crippen MR) is 118 cm³/mol. The molecule has 0 N–H and O–H groups in total. The summed E-state index contributed by atoms with van der Waals surface area (Å²) in [6, 6.07) is 0. The Hall–Kier alpha value is -0.520. The molecule has 0 heteroatoms. The van der Waals surface area contributed by atoms with Crippen LogP contribution in [-0.4, -0.2) is 0 Å². The minimum absolute atomic E-state index is 0.486. The molecule has 7 atom stereocenters. The number of allylic oxidation sites excluding steroid dienone is 4. The van der Waals surface area contributed by atoms with Crippen molar-refractivity contribution in [3.8, 4) is 0 Å². The zero-order chi connectivity index (χ0) is 19.2. The highest BCUT2D eigenvalue weighted by Gasteiger charge is 2.58. The number of rotatable bonds is 5. The monoisotopic (exact) mass is 368 g/mol. The van der Waals surface area contributed by atoms with Crippen LogP contribution in [-0.2, 0) is 0 Å². The van der Waals surface area contributed by atoms with Gasteiger partial charge in [0.1, 0.15) is 0 Å². The zero-order valence-electron chi connectivity index (χ0n) is 18.8. The van der Waals surface area contributed by atoms with Gasteiger partial charge >= 0.3 is 0 Å². The lowest BCUT2D eigenvalue weighted by Gasteiger charge is -2.57. The van der Waals surface area contributed by atoms with Crippen LogP contribution in [0.15, 0.2) is 23.8 Å². The molecule has 4 unspecified atom stereocenters. The van der Waals surface area contributed by atoms with E-state index in [1.807, 2.05) is 0 Å². The summed E-state index contributed by atoms with van der Waals surface area (Å²) in [4.78, 5) is 0. The molecule has 4 rings (SSSR count). The fourth-order valence-electron chi connectivity index (χ4n) is 8.32. The molecule has 2 fully saturated rings. The fraction of sp³-hybridized carbons (Fsp3) is 0.852. The third-order valence-electron chi connectivity index (χ3n) is 9.85. The molecule has 0 saturated heterocycles. The van der Waals surface area contributed by atoms with E-state index in [1.165, 1.54) is 64.2 Å². The Morgan fingerprint density at radius 2 is 1.81 bits per heavy atom. The van der Waals surface area contributed by atoms with Crippen molar-refractivity contribution in [2.24, 2.45) is 46.3 Å². The van der Waals surface area contributed by atoms with Gasteiger partial charge in [0.25, 0.3) is 0 Å². The molecular formula is C27H44. The van der Waals surface area contributed by atoms with E-state index in [4.69, 9.17) is 0 Å². The van der Waals surface area contributed by atoms with Gasteiger partial charge in [0.05, 0.1) is 0 Å². The summed E-state index contributed by atoms with van der Waals surface area (Å²) < 4.78 is 0. The normalized spacial score (nSPS) is 44.4. The topological polar surface area (TPSA) is 0 Å². The first kappa shape index (κ1) is 19.8.